The lowest BCUT2D eigenvalue weighted by Crippen LogP contribution is -2.40. The second-order valence-corrected chi connectivity index (χ2v) is 7.80. The second-order valence-electron chi connectivity index (χ2n) is 7.80. The standard InChI is InChI=1S/C18H28N6O2/c1-4-18(2,3)12-5-7-13(8-6-12)21-14(25)9-10-15-22-17(24-26-15)16-19-11-20-23-16/h11-13H,4-10H2,1-3H3,(H,21,25)(H,19,20,23). The molecule has 0 spiro atoms. The molecule has 1 fully saturated rings. The van der Waals surface area contributed by atoms with Gasteiger partial charge in [-0.2, -0.15) is 10.1 Å². The van der Waals surface area contributed by atoms with Crippen molar-refractivity contribution >= 4 is 5.91 Å². The number of aromatic nitrogens is 5. The van der Waals surface area contributed by atoms with Crippen LogP contribution >= 0.6 is 0 Å². The highest BCUT2D eigenvalue weighted by molar-refractivity contribution is 5.76. The van der Waals surface area contributed by atoms with Gasteiger partial charge in [0.1, 0.15) is 6.33 Å². The Morgan fingerprint density at radius 3 is 2.77 bits per heavy atom. The maximum Gasteiger partial charge on any atom is 0.239 e. The average Bonchev–Trinajstić information content (AvgIpc) is 3.32. The lowest BCUT2D eigenvalue weighted by atomic mass is 9.69. The zero-order valence-electron chi connectivity index (χ0n) is 15.8. The molecule has 0 radical (unpaired) electrons. The van der Waals surface area contributed by atoms with Crippen LogP contribution in [0.3, 0.4) is 0 Å². The molecule has 142 valence electrons. The molecule has 0 unspecified atom stereocenters. The van der Waals surface area contributed by atoms with Crippen molar-refractivity contribution in [2.45, 2.75) is 71.8 Å². The predicted octanol–water partition coefficient (Wildman–Crippen LogP) is 2.90. The van der Waals surface area contributed by atoms with Gasteiger partial charge in [-0.3, -0.25) is 9.89 Å². The number of hydrogen-bond acceptors (Lipinski definition) is 6. The minimum Gasteiger partial charge on any atom is -0.353 e. The van der Waals surface area contributed by atoms with Crippen molar-refractivity contribution in [2.75, 3.05) is 0 Å². The maximum atomic E-state index is 12.2. The molecule has 26 heavy (non-hydrogen) atoms. The fourth-order valence-corrected chi connectivity index (χ4v) is 3.59. The van der Waals surface area contributed by atoms with E-state index in [0.717, 1.165) is 18.8 Å². The highest BCUT2D eigenvalue weighted by Crippen LogP contribution is 2.40. The molecular weight excluding hydrogens is 332 g/mol. The minimum atomic E-state index is 0.0441. The highest BCUT2D eigenvalue weighted by Gasteiger charge is 2.32. The van der Waals surface area contributed by atoms with Crippen LogP contribution in [-0.4, -0.2) is 37.3 Å². The molecule has 0 saturated heterocycles. The van der Waals surface area contributed by atoms with Crippen molar-refractivity contribution in [1.82, 2.24) is 30.6 Å². The van der Waals surface area contributed by atoms with E-state index in [4.69, 9.17) is 4.52 Å². The monoisotopic (exact) mass is 360 g/mol. The number of hydrogen-bond donors (Lipinski definition) is 2. The molecule has 3 rings (SSSR count). The first-order valence-electron chi connectivity index (χ1n) is 9.45. The first-order chi connectivity index (χ1) is 12.5. The number of nitrogens with one attached hydrogen (secondary N) is 2. The molecule has 8 nitrogen and oxygen atoms in total. The van der Waals surface area contributed by atoms with Gasteiger partial charge in [0.25, 0.3) is 0 Å². The molecular formula is C18H28N6O2. The van der Waals surface area contributed by atoms with E-state index in [0.29, 0.717) is 41.8 Å². The van der Waals surface area contributed by atoms with Crippen LogP contribution in [0.25, 0.3) is 11.6 Å². The Morgan fingerprint density at radius 2 is 2.12 bits per heavy atom. The number of H-pyrrole nitrogens is 1. The van der Waals surface area contributed by atoms with E-state index in [1.54, 1.807) is 0 Å². The zero-order valence-corrected chi connectivity index (χ0v) is 15.8. The van der Waals surface area contributed by atoms with Crippen molar-refractivity contribution < 1.29 is 9.32 Å². The summed E-state index contributed by atoms with van der Waals surface area (Å²) in [5, 5.41) is 13.4. The third-order valence-corrected chi connectivity index (χ3v) is 5.77. The van der Waals surface area contributed by atoms with Crippen LogP contribution in [0.1, 0.15) is 65.2 Å². The Bertz CT molecular complexity index is 701. The maximum absolute atomic E-state index is 12.2. The van der Waals surface area contributed by atoms with Crippen LogP contribution in [0.4, 0.5) is 0 Å². The summed E-state index contributed by atoms with van der Waals surface area (Å²) in [7, 11) is 0. The molecule has 1 aliphatic rings. The van der Waals surface area contributed by atoms with Gasteiger partial charge in [-0.25, -0.2) is 4.98 Å². The van der Waals surface area contributed by atoms with Crippen molar-refractivity contribution in [2.24, 2.45) is 11.3 Å². The van der Waals surface area contributed by atoms with Crippen LogP contribution < -0.4 is 5.32 Å². The van der Waals surface area contributed by atoms with Gasteiger partial charge in [-0.1, -0.05) is 32.3 Å². The molecule has 2 N–H and O–H groups in total. The van der Waals surface area contributed by atoms with E-state index in [2.05, 4.69) is 51.4 Å². The van der Waals surface area contributed by atoms with E-state index in [1.807, 2.05) is 0 Å². The van der Waals surface area contributed by atoms with Crippen LogP contribution in [0.15, 0.2) is 10.9 Å². The summed E-state index contributed by atoms with van der Waals surface area (Å²) in [5.41, 5.74) is 0.397. The predicted molar refractivity (Wildman–Crippen MR) is 96.0 cm³/mol. The quantitative estimate of drug-likeness (QED) is 0.785. The molecule has 8 heteroatoms. The van der Waals surface area contributed by atoms with E-state index in [1.165, 1.54) is 25.6 Å². The Balaban J connectivity index is 1.41. The van der Waals surface area contributed by atoms with Gasteiger partial charge in [0.15, 0.2) is 5.82 Å². The third kappa shape index (κ3) is 4.47. The molecule has 1 aliphatic carbocycles. The molecule has 0 bridgehead atoms. The molecule has 2 aromatic rings. The van der Waals surface area contributed by atoms with Gasteiger partial charge in [0, 0.05) is 18.9 Å². The topological polar surface area (TPSA) is 110 Å². The number of carbonyl (C=O) groups is 1. The van der Waals surface area contributed by atoms with E-state index >= 15 is 0 Å². The van der Waals surface area contributed by atoms with Gasteiger partial charge in [0.05, 0.1) is 0 Å². The summed E-state index contributed by atoms with van der Waals surface area (Å²) in [6, 6.07) is 0.291. The summed E-state index contributed by atoms with van der Waals surface area (Å²) in [5.74, 6) is 2.04. The minimum absolute atomic E-state index is 0.0441. The smallest absolute Gasteiger partial charge is 0.239 e. The average molecular weight is 360 g/mol. The Morgan fingerprint density at radius 1 is 1.35 bits per heavy atom. The number of aryl methyl sites for hydroxylation is 1. The van der Waals surface area contributed by atoms with E-state index < -0.39 is 0 Å². The third-order valence-electron chi connectivity index (χ3n) is 5.77. The SMILES string of the molecule is CCC(C)(C)C1CCC(NC(=O)CCc2nc(-c3ncn[nH]3)no2)CC1. The number of nitrogens with zero attached hydrogens (tertiary/aromatic N) is 4. The fraction of sp³-hybridized carbons (Fsp3) is 0.722. The first-order valence-corrected chi connectivity index (χ1v) is 9.45. The van der Waals surface area contributed by atoms with Gasteiger partial charge < -0.3 is 9.84 Å². The molecule has 0 atom stereocenters. The molecule has 0 aliphatic heterocycles. The highest BCUT2D eigenvalue weighted by atomic mass is 16.5. The van der Waals surface area contributed by atoms with Crippen molar-refractivity contribution in [1.29, 1.82) is 0 Å². The zero-order chi connectivity index (χ0) is 18.6. The molecule has 2 heterocycles. The van der Waals surface area contributed by atoms with Gasteiger partial charge in [-0.05, 0) is 37.0 Å². The van der Waals surface area contributed by atoms with E-state index in [-0.39, 0.29) is 5.91 Å². The fourth-order valence-electron chi connectivity index (χ4n) is 3.59. The number of rotatable bonds is 7. The van der Waals surface area contributed by atoms with Crippen molar-refractivity contribution in [3.63, 3.8) is 0 Å². The second kappa shape index (κ2) is 7.97. The summed E-state index contributed by atoms with van der Waals surface area (Å²) < 4.78 is 5.16. The normalized spacial score (nSPS) is 20.9. The Kier molecular flexibility index (Phi) is 5.68. The molecule has 1 amide bonds. The first kappa shape index (κ1) is 18.5. The van der Waals surface area contributed by atoms with Crippen LogP contribution in [-0.2, 0) is 11.2 Å². The van der Waals surface area contributed by atoms with Crippen LogP contribution in [0, 0.1) is 11.3 Å². The Labute approximate surface area is 153 Å². The van der Waals surface area contributed by atoms with Gasteiger partial charge in [0.2, 0.25) is 17.6 Å². The van der Waals surface area contributed by atoms with Crippen molar-refractivity contribution in [3.8, 4) is 11.6 Å². The summed E-state index contributed by atoms with van der Waals surface area (Å²) >= 11 is 0. The van der Waals surface area contributed by atoms with Crippen LogP contribution in [0.2, 0.25) is 0 Å². The van der Waals surface area contributed by atoms with E-state index in [9.17, 15) is 4.79 Å². The Hall–Kier alpha value is -2.25. The molecule has 0 aromatic carbocycles. The molecule has 1 saturated carbocycles. The summed E-state index contributed by atoms with van der Waals surface area (Å²) in [4.78, 5) is 20.4. The van der Waals surface area contributed by atoms with Gasteiger partial charge >= 0.3 is 0 Å². The molecule has 2 aromatic heterocycles. The van der Waals surface area contributed by atoms with Crippen molar-refractivity contribution in [3.05, 3.63) is 12.2 Å². The summed E-state index contributed by atoms with van der Waals surface area (Å²) in [6.07, 6.45) is 7.87. The lowest BCUT2D eigenvalue weighted by molar-refractivity contribution is -0.122. The lowest BCUT2D eigenvalue weighted by Gasteiger charge is -2.39. The number of amides is 1. The van der Waals surface area contributed by atoms with Crippen LogP contribution in [0.5, 0.6) is 0 Å². The van der Waals surface area contributed by atoms with Gasteiger partial charge in [-0.15, -0.1) is 0 Å². The number of carbonyl (C=O) groups excluding carboxylic acids is 1. The summed E-state index contributed by atoms with van der Waals surface area (Å²) in [6.45, 7) is 6.97. The number of aromatic amines is 1. The largest absolute Gasteiger partial charge is 0.353 e.